The van der Waals surface area contributed by atoms with Gasteiger partial charge in [-0.25, -0.2) is 9.97 Å². The Labute approximate surface area is 457 Å². The molecule has 75 heavy (non-hydrogen) atoms. The Hall–Kier alpha value is -6.59. The first-order valence-corrected chi connectivity index (χ1v) is 26.6. The van der Waals surface area contributed by atoms with Gasteiger partial charge in [0.2, 0.25) is 0 Å². The summed E-state index contributed by atoms with van der Waals surface area (Å²) in [5, 5.41) is 2.97. The van der Waals surface area contributed by atoms with Crippen LogP contribution in [0, 0.1) is 0 Å². The van der Waals surface area contributed by atoms with Gasteiger partial charge in [-0.1, -0.05) is 137 Å². The van der Waals surface area contributed by atoms with Crippen molar-refractivity contribution >= 4 is 301 Å². The lowest BCUT2D eigenvalue weighted by Crippen LogP contribution is -2.59. The average molecular weight is 945 g/mol. The number of para-hydroxylation sites is 2. The summed E-state index contributed by atoms with van der Waals surface area (Å²) in [5.41, 5.74) is 38.9. The molecular weight excluding hydrogens is 893 g/mol. The summed E-state index contributed by atoms with van der Waals surface area (Å²) in [6, 6.07) is 31.3. The van der Waals surface area contributed by atoms with Crippen molar-refractivity contribution in [1.82, 2.24) is 9.97 Å². The van der Waals surface area contributed by atoms with Crippen molar-refractivity contribution in [3.05, 3.63) is 91.0 Å². The number of nitrogens with zero attached hydrogens (tertiary/aromatic N) is 3. The van der Waals surface area contributed by atoms with E-state index in [2.05, 4.69) is 195 Å². The normalized spacial score (nSPS) is 11.6. The molecular formula is C52H51B18N3O2. The number of aromatic nitrogens is 2. The fourth-order valence-corrected chi connectivity index (χ4v) is 12.8. The molecule has 340 valence electrons. The molecule has 11 rings (SSSR count). The Morgan fingerprint density at radius 3 is 1.25 bits per heavy atom. The molecule has 11 aromatic rings. The van der Waals surface area contributed by atoms with E-state index in [1.54, 1.807) is 0 Å². The van der Waals surface area contributed by atoms with Gasteiger partial charge in [-0.15, -0.1) is 21.9 Å². The van der Waals surface area contributed by atoms with Crippen LogP contribution in [0.4, 0.5) is 17.1 Å². The van der Waals surface area contributed by atoms with Crippen molar-refractivity contribution in [3.8, 4) is 44.9 Å². The van der Waals surface area contributed by atoms with Crippen LogP contribution in [0.2, 0.25) is 0 Å². The molecule has 3 aromatic heterocycles. The Morgan fingerprint density at radius 1 is 0.333 bits per heavy atom. The van der Waals surface area contributed by atoms with E-state index >= 15 is 0 Å². The Bertz CT molecular complexity index is 4200. The van der Waals surface area contributed by atoms with Crippen LogP contribution in [0.5, 0.6) is 0 Å². The summed E-state index contributed by atoms with van der Waals surface area (Å²) < 4.78 is 13.4. The number of benzene rings is 8. The fourth-order valence-electron chi connectivity index (χ4n) is 12.8. The van der Waals surface area contributed by atoms with Crippen LogP contribution in [-0.4, -0.2) is 151 Å². The maximum Gasteiger partial charge on any atom is 0.180 e. The molecule has 0 saturated heterocycles. The third-order valence-electron chi connectivity index (χ3n) is 18.3. The lowest BCUT2D eigenvalue weighted by molar-refractivity contribution is 0.667. The zero-order chi connectivity index (χ0) is 53.4. The summed E-state index contributed by atoms with van der Waals surface area (Å²) in [6.45, 7) is 0. The van der Waals surface area contributed by atoms with Crippen LogP contribution in [0.3, 0.4) is 0 Å². The van der Waals surface area contributed by atoms with Gasteiger partial charge in [0.1, 0.15) is 169 Å². The van der Waals surface area contributed by atoms with Gasteiger partial charge < -0.3 is 13.7 Å². The molecule has 0 unspecified atom stereocenters. The second kappa shape index (κ2) is 18.6. The van der Waals surface area contributed by atoms with Crippen molar-refractivity contribution < 1.29 is 8.83 Å². The number of hydrogen-bond acceptors (Lipinski definition) is 5. The molecule has 0 fully saturated rings. The van der Waals surface area contributed by atoms with Gasteiger partial charge >= 0.3 is 0 Å². The van der Waals surface area contributed by atoms with Gasteiger partial charge in [0, 0.05) is 44.3 Å². The highest BCUT2D eigenvalue weighted by atomic mass is 16.3. The van der Waals surface area contributed by atoms with Crippen LogP contribution >= 0.6 is 0 Å². The molecule has 0 bridgehead atoms. The number of furan rings is 2. The molecule has 0 aliphatic heterocycles. The van der Waals surface area contributed by atoms with E-state index in [0.29, 0.717) is 11.4 Å². The smallest absolute Gasteiger partial charge is 0.180 e. The Morgan fingerprint density at radius 2 is 0.733 bits per heavy atom. The van der Waals surface area contributed by atoms with Crippen LogP contribution in [0.1, 0.15) is 0 Å². The molecule has 0 aliphatic carbocycles. The van der Waals surface area contributed by atoms with Crippen LogP contribution in [-0.2, 0) is 0 Å². The first-order chi connectivity index (χ1) is 35.7. The van der Waals surface area contributed by atoms with Crippen LogP contribution in [0.25, 0.3) is 88.9 Å². The number of anilines is 3. The highest BCUT2D eigenvalue weighted by Crippen LogP contribution is 2.42. The van der Waals surface area contributed by atoms with Crippen molar-refractivity contribution in [2.75, 3.05) is 4.90 Å². The highest BCUT2D eigenvalue weighted by molar-refractivity contribution is 6.73. The maximum absolute atomic E-state index is 6.85. The predicted molar refractivity (Wildman–Crippen MR) is 380 cm³/mol. The maximum atomic E-state index is 6.85. The van der Waals surface area contributed by atoms with Crippen LogP contribution < -0.4 is 103 Å². The second-order valence-electron chi connectivity index (χ2n) is 21.8. The fraction of sp³-hybridized carbons (Fsp3) is 0. The zero-order valence-corrected chi connectivity index (χ0v) is 47.3. The minimum atomic E-state index is 0.621. The van der Waals surface area contributed by atoms with Gasteiger partial charge in [-0.3, -0.25) is 0 Å². The van der Waals surface area contributed by atoms with Gasteiger partial charge in [-0.2, -0.15) is 0 Å². The molecule has 0 saturated carbocycles. The van der Waals surface area contributed by atoms with Gasteiger partial charge in [0.25, 0.3) is 0 Å². The lowest BCUT2D eigenvalue weighted by atomic mass is 9.56. The Balaban J connectivity index is 1.20. The first-order valence-electron chi connectivity index (χ1n) is 26.6. The highest BCUT2D eigenvalue weighted by Gasteiger charge is 2.31. The molecule has 5 nitrogen and oxygen atoms in total. The molecule has 8 aromatic carbocycles. The van der Waals surface area contributed by atoms with Crippen molar-refractivity contribution in [1.29, 1.82) is 0 Å². The number of rotatable bonds is 7. The quantitative estimate of drug-likeness (QED) is 0.149. The molecule has 0 spiro atoms. The molecule has 0 amide bonds. The van der Waals surface area contributed by atoms with E-state index < -0.39 is 0 Å². The minimum absolute atomic E-state index is 0.621. The molecule has 0 atom stereocenters. The summed E-state index contributed by atoms with van der Waals surface area (Å²) in [4.78, 5) is 13.6. The standard InChI is InChI=1S/C52H51B18N3O2/c53-28-24(17-14-20(25-18-10-4-6-12-21(18)74-23(25)15-17)52-71-46(16-8-2-1-3-9-16)51-47(72-52)19-11-5-7-13-22(19)75-51)29(54)41(66)48(40(28)65)73(50-44(69)38(63)37(62)39(64)45(50)70)49-42(67)32(57)27(33(58)43(49)68)26-30(55)34(59)36(61)35(60)31(26)56/h1-15H,53-70H2. The van der Waals surface area contributed by atoms with Crippen molar-refractivity contribution in [3.63, 3.8) is 0 Å². The van der Waals surface area contributed by atoms with Crippen molar-refractivity contribution in [2.45, 2.75) is 0 Å². The minimum Gasteiger partial charge on any atom is -0.456 e. The number of fused-ring (bicyclic) bond motifs is 6. The zero-order valence-electron chi connectivity index (χ0n) is 47.3. The number of hydrogen-bond donors (Lipinski definition) is 0. The van der Waals surface area contributed by atoms with Gasteiger partial charge in [0.05, 0.1) is 0 Å². The molecule has 3 heterocycles. The van der Waals surface area contributed by atoms with Crippen LogP contribution in [0.15, 0.2) is 99.8 Å². The van der Waals surface area contributed by atoms with Crippen molar-refractivity contribution in [2.24, 2.45) is 0 Å². The third-order valence-corrected chi connectivity index (χ3v) is 18.3. The topological polar surface area (TPSA) is 55.3 Å². The summed E-state index contributed by atoms with van der Waals surface area (Å²) in [7, 11) is 41.8. The van der Waals surface area contributed by atoms with E-state index in [1.165, 1.54) is 132 Å². The average Bonchev–Trinajstić information content (AvgIpc) is 3.99. The largest absolute Gasteiger partial charge is 0.456 e. The van der Waals surface area contributed by atoms with Gasteiger partial charge in [-0.05, 0) is 52.6 Å². The Kier molecular flexibility index (Phi) is 12.5. The molecule has 0 radical (unpaired) electrons. The summed E-state index contributed by atoms with van der Waals surface area (Å²) >= 11 is 0. The lowest BCUT2D eigenvalue weighted by Gasteiger charge is -2.39. The van der Waals surface area contributed by atoms with Gasteiger partial charge in [0.15, 0.2) is 11.4 Å². The van der Waals surface area contributed by atoms with E-state index in [1.807, 2.05) is 42.5 Å². The molecule has 0 N–H and O–H groups in total. The molecule has 23 heteroatoms. The van der Waals surface area contributed by atoms with E-state index in [9.17, 15) is 0 Å². The third kappa shape index (κ3) is 7.55. The summed E-state index contributed by atoms with van der Waals surface area (Å²) in [6.07, 6.45) is 0. The van der Waals surface area contributed by atoms with E-state index in [-0.39, 0.29) is 0 Å². The first kappa shape index (κ1) is 50.6. The monoisotopic (exact) mass is 948 g/mol. The second-order valence-corrected chi connectivity index (χ2v) is 21.8. The SMILES string of the molecule is Bc1c(B)c(B)c(-c2c(B)c(B)c(N(c3c(B)c(B)c(B)c(B)c3B)c3c(B)c(B)c(-c4cc(-c5nc(-c6ccccc6)c6oc7ccccc7c6n5)c5c(c4)oc4ccccc45)c(B)c3B)c(B)c2B)c(B)c1B. The summed E-state index contributed by atoms with van der Waals surface area (Å²) in [5.74, 6) is 0.621. The predicted octanol–water partition coefficient (Wildman–Crippen LogP) is -16.9. The van der Waals surface area contributed by atoms with E-state index in [4.69, 9.17) is 18.8 Å². The molecule has 0 aliphatic rings. The van der Waals surface area contributed by atoms with E-state index in [0.717, 1.165) is 60.8 Å².